The highest BCUT2D eigenvalue weighted by Crippen LogP contribution is 2.26. The molecule has 1 nitrogen and oxygen atoms in total. The van der Waals surface area contributed by atoms with Crippen LogP contribution in [0.1, 0.15) is 43.7 Å². The fraction of sp³-hybridized carbons (Fsp3) is 0.417. The quantitative estimate of drug-likeness (QED) is 0.743. The predicted molar refractivity (Wildman–Crippen MR) is 54.4 cm³/mol. The van der Waals surface area contributed by atoms with E-state index in [1.54, 1.807) is 0 Å². The second-order valence-corrected chi connectivity index (χ2v) is 3.48. The van der Waals surface area contributed by atoms with E-state index < -0.39 is 17.2 Å². The molecule has 80 valence electrons. The van der Waals surface area contributed by atoms with Crippen LogP contribution in [0.3, 0.4) is 0 Å². The predicted octanol–water partition coefficient (Wildman–Crippen LogP) is 3.74. The normalized spacial score (nSPS) is 10.4. The van der Waals surface area contributed by atoms with Gasteiger partial charge < -0.3 is 0 Å². The van der Waals surface area contributed by atoms with Crippen molar-refractivity contribution in [2.24, 2.45) is 0 Å². The monoisotopic (exact) mass is 209 g/mol. The molecule has 1 rings (SSSR count). The first-order valence-electron chi connectivity index (χ1n) is 5.03. The number of nitriles is 1. The first kappa shape index (κ1) is 11.6. The molecule has 0 radical (unpaired) electrons. The summed E-state index contributed by atoms with van der Waals surface area (Å²) in [5.74, 6) is -1.37. The lowest BCUT2D eigenvalue weighted by Crippen LogP contribution is -2.00. The molecular weight excluding hydrogens is 196 g/mol. The Bertz CT molecular complexity index is 366. The molecule has 0 atom stereocenters. The molecule has 0 fully saturated rings. The summed E-state index contributed by atoms with van der Waals surface area (Å²) in [6.07, 6.45) is 1.67. The SMILES string of the molecule is CCC(CC)c1cc(F)c(C#N)c(F)c1. The van der Waals surface area contributed by atoms with Gasteiger partial charge in [-0.25, -0.2) is 8.78 Å². The maximum Gasteiger partial charge on any atom is 0.144 e. The molecule has 0 bridgehead atoms. The van der Waals surface area contributed by atoms with Crippen molar-refractivity contribution in [3.63, 3.8) is 0 Å². The highest BCUT2D eigenvalue weighted by Gasteiger charge is 2.14. The van der Waals surface area contributed by atoms with Crippen LogP contribution in [0.5, 0.6) is 0 Å². The van der Waals surface area contributed by atoms with Crippen LogP contribution in [0.15, 0.2) is 12.1 Å². The number of hydrogen-bond acceptors (Lipinski definition) is 1. The van der Waals surface area contributed by atoms with Gasteiger partial charge >= 0.3 is 0 Å². The summed E-state index contributed by atoms with van der Waals surface area (Å²) in [4.78, 5) is 0. The molecular formula is C12H13F2N. The van der Waals surface area contributed by atoms with Crippen molar-refractivity contribution in [3.05, 3.63) is 34.9 Å². The first-order chi connectivity index (χ1) is 7.13. The number of rotatable bonds is 3. The van der Waals surface area contributed by atoms with Crippen molar-refractivity contribution < 1.29 is 8.78 Å². The fourth-order valence-electron chi connectivity index (χ4n) is 1.70. The zero-order valence-corrected chi connectivity index (χ0v) is 8.85. The molecule has 1 aromatic carbocycles. The average molecular weight is 209 g/mol. The highest BCUT2D eigenvalue weighted by molar-refractivity contribution is 5.36. The largest absolute Gasteiger partial charge is 0.205 e. The van der Waals surface area contributed by atoms with E-state index in [1.165, 1.54) is 18.2 Å². The third-order valence-corrected chi connectivity index (χ3v) is 2.63. The van der Waals surface area contributed by atoms with Gasteiger partial charge in [0.1, 0.15) is 23.3 Å². The van der Waals surface area contributed by atoms with Crippen molar-refractivity contribution in [1.29, 1.82) is 5.26 Å². The van der Waals surface area contributed by atoms with Crippen molar-refractivity contribution in [2.45, 2.75) is 32.6 Å². The Balaban J connectivity index is 3.20. The number of hydrogen-bond donors (Lipinski definition) is 0. The van der Waals surface area contributed by atoms with E-state index in [-0.39, 0.29) is 5.92 Å². The molecule has 0 spiro atoms. The molecule has 0 aliphatic heterocycles. The lowest BCUT2D eigenvalue weighted by atomic mass is 9.93. The topological polar surface area (TPSA) is 23.8 Å². The van der Waals surface area contributed by atoms with E-state index in [0.717, 1.165) is 12.8 Å². The Morgan fingerprint density at radius 1 is 1.20 bits per heavy atom. The van der Waals surface area contributed by atoms with Gasteiger partial charge in [0.2, 0.25) is 0 Å². The van der Waals surface area contributed by atoms with Gasteiger partial charge in [0.05, 0.1) is 0 Å². The Morgan fingerprint density at radius 2 is 1.67 bits per heavy atom. The Hall–Kier alpha value is -1.43. The van der Waals surface area contributed by atoms with E-state index in [9.17, 15) is 8.78 Å². The van der Waals surface area contributed by atoms with Crippen molar-refractivity contribution in [1.82, 2.24) is 0 Å². The Kier molecular flexibility index (Phi) is 3.79. The molecule has 0 saturated heterocycles. The summed E-state index contributed by atoms with van der Waals surface area (Å²) < 4.78 is 26.6. The molecule has 0 N–H and O–H groups in total. The second-order valence-electron chi connectivity index (χ2n) is 3.48. The van der Waals surface area contributed by atoms with Crippen LogP contribution in [-0.4, -0.2) is 0 Å². The summed E-state index contributed by atoms with van der Waals surface area (Å²) in [6.45, 7) is 3.95. The van der Waals surface area contributed by atoms with Gasteiger partial charge in [-0.3, -0.25) is 0 Å². The molecule has 0 saturated carbocycles. The highest BCUT2D eigenvalue weighted by atomic mass is 19.1. The van der Waals surface area contributed by atoms with E-state index in [1.807, 2.05) is 13.8 Å². The zero-order chi connectivity index (χ0) is 11.4. The average Bonchev–Trinajstić information content (AvgIpc) is 2.19. The van der Waals surface area contributed by atoms with Gasteiger partial charge in [0.15, 0.2) is 0 Å². The van der Waals surface area contributed by atoms with Crippen LogP contribution in [-0.2, 0) is 0 Å². The maximum absolute atomic E-state index is 13.3. The Morgan fingerprint density at radius 3 is 2.00 bits per heavy atom. The van der Waals surface area contributed by atoms with Gasteiger partial charge in [0.25, 0.3) is 0 Å². The minimum Gasteiger partial charge on any atom is -0.205 e. The summed E-state index contributed by atoms with van der Waals surface area (Å²) in [5, 5.41) is 8.51. The van der Waals surface area contributed by atoms with E-state index in [2.05, 4.69) is 0 Å². The number of nitrogens with zero attached hydrogens (tertiary/aromatic N) is 1. The van der Waals surface area contributed by atoms with E-state index in [0.29, 0.717) is 5.56 Å². The molecule has 0 unspecified atom stereocenters. The molecule has 0 aromatic heterocycles. The second kappa shape index (κ2) is 4.88. The smallest absolute Gasteiger partial charge is 0.144 e. The van der Waals surface area contributed by atoms with Crippen LogP contribution in [0.25, 0.3) is 0 Å². The van der Waals surface area contributed by atoms with Crippen molar-refractivity contribution in [2.75, 3.05) is 0 Å². The molecule has 15 heavy (non-hydrogen) atoms. The van der Waals surface area contributed by atoms with Crippen molar-refractivity contribution >= 4 is 0 Å². The molecule has 0 amide bonds. The standard InChI is InChI=1S/C12H13F2N/c1-3-8(4-2)9-5-11(13)10(7-15)12(14)6-9/h5-6,8H,3-4H2,1-2H3. The minimum absolute atomic E-state index is 0.154. The molecule has 0 heterocycles. The van der Waals surface area contributed by atoms with Crippen molar-refractivity contribution in [3.8, 4) is 6.07 Å². The van der Waals surface area contributed by atoms with Crippen LogP contribution in [0, 0.1) is 23.0 Å². The third kappa shape index (κ3) is 2.33. The van der Waals surface area contributed by atoms with Crippen LogP contribution in [0.4, 0.5) is 8.78 Å². The lowest BCUT2D eigenvalue weighted by molar-refractivity contribution is 0.560. The fourth-order valence-corrected chi connectivity index (χ4v) is 1.70. The van der Waals surface area contributed by atoms with Gasteiger partial charge in [-0.2, -0.15) is 5.26 Å². The maximum atomic E-state index is 13.3. The Labute approximate surface area is 88.3 Å². The van der Waals surface area contributed by atoms with E-state index >= 15 is 0 Å². The van der Waals surface area contributed by atoms with Gasteiger partial charge in [-0.1, -0.05) is 13.8 Å². The summed E-state index contributed by atoms with van der Waals surface area (Å²) >= 11 is 0. The minimum atomic E-state index is -0.764. The van der Waals surface area contributed by atoms with Gasteiger partial charge in [-0.05, 0) is 36.5 Å². The molecule has 1 aromatic rings. The molecule has 0 aliphatic rings. The van der Waals surface area contributed by atoms with Crippen LogP contribution >= 0.6 is 0 Å². The van der Waals surface area contributed by atoms with Gasteiger partial charge in [-0.15, -0.1) is 0 Å². The zero-order valence-electron chi connectivity index (χ0n) is 8.85. The number of benzene rings is 1. The summed E-state index contributed by atoms with van der Waals surface area (Å²) in [7, 11) is 0. The molecule has 0 aliphatic carbocycles. The van der Waals surface area contributed by atoms with Crippen LogP contribution < -0.4 is 0 Å². The molecule has 3 heteroatoms. The van der Waals surface area contributed by atoms with Crippen LogP contribution in [0.2, 0.25) is 0 Å². The van der Waals surface area contributed by atoms with E-state index in [4.69, 9.17) is 5.26 Å². The summed E-state index contributed by atoms with van der Waals surface area (Å²) in [6, 6.07) is 4.04. The first-order valence-corrected chi connectivity index (χ1v) is 5.03. The number of halogens is 2. The lowest BCUT2D eigenvalue weighted by Gasteiger charge is -2.13. The van der Waals surface area contributed by atoms with Gasteiger partial charge in [0, 0.05) is 0 Å². The summed E-state index contributed by atoms with van der Waals surface area (Å²) in [5.41, 5.74) is 0.138. The third-order valence-electron chi connectivity index (χ3n) is 2.63.